The van der Waals surface area contributed by atoms with Crippen LogP contribution in [0.2, 0.25) is 0 Å². The molecule has 13 heavy (non-hydrogen) atoms. The second-order valence-electron chi connectivity index (χ2n) is 3.52. The van der Waals surface area contributed by atoms with E-state index in [2.05, 4.69) is 0 Å². The summed E-state index contributed by atoms with van der Waals surface area (Å²) < 4.78 is 0. The molecule has 0 aromatic heterocycles. The zero-order valence-corrected chi connectivity index (χ0v) is 7.47. The molecule has 1 aromatic carbocycles. The Balaban J connectivity index is 2.40. The van der Waals surface area contributed by atoms with Gasteiger partial charge in [0.05, 0.1) is 0 Å². The maximum Gasteiger partial charge on any atom is 0.269 e. The van der Waals surface area contributed by atoms with Gasteiger partial charge in [-0.2, -0.15) is 0 Å². The minimum Gasteiger partial charge on any atom is -0.267 e. The third kappa shape index (κ3) is 1.57. The Morgan fingerprint density at radius 3 is 2.54 bits per heavy atom. The first-order valence-corrected chi connectivity index (χ1v) is 4.65. The van der Waals surface area contributed by atoms with Crippen molar-refractivity contribution in [2.45, 2.75) is 25.7 Å². The van der Waals surface area contributed by atoms with Gasteiger partial charge in [-0.05, 0) is 48.9 Å². The lowest BCUT2D eigenvalue weighted by Gasteiger charge is -2.15. The number of rotatable bonds is 1. The molecule has 0 fully saturated rings. The lowest BCUT2D eigenvalue weighted by Crippen LogP contribution is -2.06. The van der Waals surface area contributed by atoms with E-state index >= 15 is 0 Å². The van der Waals surface area contributed by atoms with Crippen molar-refractivity contribution in [1.82, 2.24) is 5.73 Å². The van der Waals surface area contributed by atoms with Gasteiger partial charge < -0.3 is 0 Å². The molecule has 1 aliphatic rings. The summed E-state index contributed by atoms with van der Waals surface area (Å²) in [5.41, 5.74) is 10.2. The molecule has 0 spiro atoms. The molecule has 0 saturated heterocycles. The standard InChI is InChI=1S/C11H12NO/c12-11(13)10-6-5-8-3-1-2-4-9(8)7-10/h5-7,12H,1-4H2. The number of aryl methyl sites for hydroxylation is 2. The smallest absolute Gasteiger partial charge is 0.267 e. The number of benzene rings is 1. The van der Waals surface area contributed by atoms with Crippen LogP contribution in [0.15, 0.2) is 18.2 Å². The summed E-state index contributed by atoms with van der Waals surface area (Å²) in [5.74, 6) is -0.576. The maximum atomic E-state index is 10.8. The Kier molecular flexibility index (Phi) is 2.05. The molecule has 0 heterocycles. The van der Waals surface area contributed by atoms with Gasteiger partial charge in [0.15, 0.2) is 0 Å². The van der Waals surface area contributed by atoms with Crippen LogP contribution in [0.1, 0.15) is 34.3 Å². The summed E-state index contributed by atoms with van der Waals surface area (Å²) >= 11 is 0. The number of carbonyl (C=O) groups excluding carboxylic acids is 1. The van der Waals surface area contributed by atoms with Crippen LogP contribution < -0.4 is 5.73 Å². The molecule has 2 heteroatoms. The molecule has 0 aliphatic heterocycles. The largest absolute Gasteiger partial charge is 0.269 e. The number of hydrogen-bond donors (Lipinski definition) is 0. The van der Waals surface area contributed by atoms with Crippen LogP contribution in [-0.2, 0) is 12.8 Å². The molecule has 1 radical (unpaired) electrons. The van der Waals surface area contributed by atoms with Gasteiger partial charge in [-0.25, -0.2) is 0 Å². The minimum atomic E-state index is -0.576. The van der Waals surface area contributed by atoms with E-state index < -0.39 is 5.91 Å². The highest BCUT2D eigenvalue weighted by Gasteiger charge is 2.10. The average Bonchev–Trinajstić information content (AvgIpc) is 2.17. The monoisotopic (exact) mass is 174 g/mol. The van der Waals surface area contributed by atoms with Crippen molar-refractivity contribution in [3.8, 4) is 0 Å². The number of nitrogens with one attached hydrogen (secondary N) is 1. The summed E-state index contributed by atoms with van der Waals surface area (Å²) in [6, 6.07) is 5.64. The second kappa shape index (κ2) is 3.21. The van der Waals surface area contributed by atoms with Crippen molar-refractivity contribution >= 4 is 5.91 Å². The quantitative estimate of drug-likeness (QED) is 0.641. The highest BCUT2D eigenvalue weighted by molar-refractivity contribution is 5.92. The molecule has 0 saturated carbocycles. The normalized spacial score (nSPS) is 15.1. The summed E-state index contributed by atoms with van der Waals surface area (Å²) in [6.07, 6.45) is 4.65. The Labute approximate surface area is 77.8 Å². The van der Waals surface area contributed by atoms with Gasteiger partial charge in [0, 0.05) is 5.56 Å². The summed E-state index contributed by atoms with van der Waals surface area (Å²) in [7, 11) is 0. The first kappa shape index (κ1) is 8.30. The lowest BCUT2D eigenvalue weighted by molar-refractivity contribution is 0.0992. The van der Waals surface area contributed by atoms with Crippen LogP contribution in [0.25, 0.3) is 0 Å². The van der Waals surface area contributed by atoms with E-state index in [1.807, 2.05) is 12.1 Å². The van der Waals surface area contributed by atoms with Crippen molar-refractivity contribution in [1.29, 1.82) is 0 Å². The molecule has 2 rings (SSSR count). The van der Waals surface area contributed by atoms with Crippen molar-refractivity contribution in [3.05, 3.63) is 34.9 Å². The molecule has 67 valence electrons. The fourth-order valence-corrected chi connectivity index (χ4v) is 1.87. The van der Waals surface area contributed by atoms with Crippen LogP contribution in [0.3, 0.4) is 0 Å². The average molecular weight is 174 g/mol. The van der Waals surface area contributed by atoms with E-state index in [4.69, 9.17) is 5.73 Å². The predicted octanol–water partition coefficient (Wildman–Crippen LogP) is 1.99. The van der Waals surface area contributed by atoms with Gasteiger partial charge in [0.25, 0.3) is 5.91 Å². The van der Waals surface area contributed by atoms with Gasteiger partial charge in [0.1, 0.15) is 0 Å². The summed E-state index contributed by atoms with van der Waals surface area (Å²) in [5, 5.41) is 0. The van der Waals surface area contributed by atoms with Crippen molar-refractivity contribution in [2.75, 3.05) is 0 Å². The molecule has 1 amide bonds. The van der Waals surface area contributed by atoms with Crippen LogP contribution in [0, 0.1) is 0 Å². The number of fused-ring (bicyclic) bond motifs is 1. The van der Waals surface area contributed by atoms with Crippen LogP contribution in [-0.4, -0.2) is 5.91 Å². The maximum absolute atomic E-state index is 10.8. The molecular weight excluding hydrogens is 162 g/mol. The fourth-order valence-electron chi connectivity index (χ4n) is 1.87. The molecule has 1 aromatic rings. The number of amides is 1. The highest BCUT2D eigenvalue weighted by Crippen LogP contribution is 2.21. The number of carbonyl (C=O) groups is 1. The highest BCUT2D eigenvalue weighted by atomic mass is 16.1. The van der Waals surface area contributed by atoms with Crippen LogP contribution >= 0.6 is 0 Å². The zero-order chi connectivity index (χ0) is 9.26. The molecule has 1 aliphatic carbocycles. The SMILES string of the molecule is [NH]C(=O)c1ccc2c(c1)CCCC2. The number of hydrogen-bond acceptors (Lipinski definition) is 1. The van der Waals surface area contributed by atoms with Gasteiger partial charge in [-0.15, -0.1) is 0 Å². The summed E-state index contributed by atoms with van der Waals surface area (Å²) in [6.45, 7) is 0. The van der Waals surface area contributed by atoms with Gasteiger partial charge in [0.2, 0.25) is 0 Å². The van der Waals surface area contributed by atoms with E-state index in [1.54, 1.807) is 6.07 Å². The van der Waals surface area contributed by atoms with Crippen molar-refractivity contribution < 1.29 is 4.79 Å². The molecule has 2 nitrogen and oxygen atoms in total. The van der Waals surface area contributed by atoms with Crippen molar-refractivity contribution in [3.63, 3.8) is 0 Å². The molecule has 0 unspecified atom stereocenters. The molecule has 0 atom stereocenters. The summed E-state index contributed by atoms with van der Waals surface area (Å²) in [4.78, 5) is 10.8. The van der Waals surface area contributed by atoms with Crippen LogP contribution in [0.5, 0.6) is 0 Å². The Bertz CT molecular complexity index is 344. The third-order valence-corrected chi connectivity index (χ3v) is 2.61. The van der Waals surface area contributed by atoms with E-state index in [9.17, 15) is 4.79 Å². The van der Waals surface area contributed by atoms with Gasteiger partial charge in [-0.3, -0.25) is 10.5 Å². The zero-order valence-electron chi connectivity index (χ0n) is 7.47. The topological polar surface area (TPSA) is 40.9 Å². The fraction of sp³-hybridized carbons (Fsp3) is 0.364. The molecular formula is C11H12NO. The lowest BCUT2D eigenvalue weighted by atomic mass is 9.90. The van der Waals surface area contributed by atoms with Crippen LogP contribution in [0.4, 0.5) is 0 Å². The van der Waals surface area contributed by atoms with E-state index in [0.29, 0.717) is 5.56 Å². The molecule has 0 bridgehead atoms. The van der Waals surface area contributed by atoms with Crippen molar-refractivity contribution in [2.24, 2.45) is 0 Å². The Morgan fingerprint density at radius 1 is 1.15 bits per heavy atom. The Morgan fingerprint density at radius 2 is 1.85 bits per heavy atom. The van der Waals surface area contributed by atoms with E-state index in [0.717, 1.165) is 12.8 Å². The van der Waals surface area contributed by atoms with Gasteiger partial charge in [-0.1, -0.05) is 6.07 Å². The first-order chi connectivity index (χ1) is 6.27. The molecule has 1 N–H and O–H groups in total. The van der Waals surface area contributed by atoms with E-state index in [1.165, 1.54) is 24.0 Å². The predicted molar refractivity (Wildman–Crippen MR) is 50.5 cm³/mol. The Hall–Kier alpha value is -1.31. The second-order valence-corrected chi connectivity index (χ2v) is 3.52. The van der Waals surface area contributed by atoms with E-state index in [-0.39, 0.29) is 0 Å². The third-order valence-electron chi connectivity index (χ3n) is 2.61. The first-order valence-electron chi connectivity index (χ1n) is 4.65. The van der Waals surface area contributed by atoms with Gasteiger partial charge >= 0.3 is 0 Å². The minimum absolute atomic E-state index is 0.528.